The molecule has 1 aromatic rings. The molecular weight excluding hydrogens is 164 g/mol. The molecule has 2 heteroatoms. The number of methoxy groups -OCH3 is 1. The highest BCUT2D eigenvalue weighted by Crippen LogP contribution is 2.20. The third-order valence-electron chi connectivity index (χ3n) is 1.98. The van der Waals surface area contributed by atoms with Gasteiger partial charge in [-0.15, -0.1) is 0 Å². The Morgan fingerprint density at radius 1 is 1.38 bits per heavy atom. The van der Waals surface area contributed by atoms with Crippen molar-refractivity contribution in [3.05, 3.63) is 36.8 Å². The van der Waals surface area contributed by atoms with E-state index < -0.39 is 6.10 Å². The predicted octanol–water partition coefficient (Wildman–Crippen LogP) is 2.34. The highest BCUT2D eigenvalue weighted by Gasteiger charge is 2.05. The lowest BCUT2D eigenvalue weighted by molar-refractivity contribution is 0.168. The minimum Gasteiger partial charge on any atom is -0.497 e. The first-order chi connectivity index (χ1) is 6.27. The zero-order chi connectivity index (χ0) is 9.68. The zero-order valence-corrected chi connectivity index (χ0v) is 7.86. The van der Waals surface area contributed by atoms with Crippen molar-refractivity contribution >= 4 is 0 Å². The van der Waals surface area contributed by atoms with Crippen molar-refractivity contribution in [2.75, 3.05) is 7.11 Å². The van der Waals surface area contributed by atoms with E-state index in [1.807, 2.05) is 24.3 Å². The van der Waals surface area contributed by atoms with Gasteiger partial charge in [-0.1, -0.05) is 25.5 Å². The fourth-order valence-electron chi connectivity index (χ4n) is 1.19. The second-order valence-electron chi connectivity index (χ2n) is 2.93. The summed E-state index contributed by atoms with van der Waals surface area (Å²) in [6, 6.07) is 7.45. The molecule has 0 bridgehead atoms. The highest BCUT2D eigenvalue weighted by molar-refractivity contribution is 5.28. The maximum atomic E-state index is 9.60. The summed E-state index contributed by atoms with van der Waals surface area (Å²) >= 11 is 0. The van der Waals surface area contributed by atoms with Crippen LogP contribution in [0.2, 0.25) is 0 Å². The molecule has 0 amide bonds. The summed E-state index contributed by atoms with van der Waals surface area (Å²) in [4.78, 5) is 0. The third-order valence-corrected chi connectivity index (χ3v) is 1.98. The summed E-state index contributed by atoms with van der Waals surface area (Å²) in [6.45, 7) is 3.70. The summed E-state index contributed by atoms with van der Waals surface area (Å²) < 4.78 is 5.01. The summed E-state index contributed by atoms with van der Waals surface area (Å²) in [5, 5.41) is 9.60. The van der Waals surface area contributed by atoms with Crippen molar-refractivity contribution in [3.8, 4) is 5.75 Å². The van der Waals surface area contributed by atoms with Crippen molar-refractivity contribution in [3.63, 3.8) is 0 Å². The van der Waals surface area contributed by atoms with Crippen LogP contribution in [0.25, 0.3) is 0 Å². The Morgan fingerprint density at radius 2 is 2.00 bits per heavy atom. The second-order valence-corrected chi connectivity index (χ2v) is 2.93. The molecule has 0 aliphatic carbocycles. The Kier molecular flexibility index (Phi) is 3.77. The van der Waals surface area contributed by atoms with Crippen molar-refractivity contribution in [2.45, 2.75) is 18.9 Å². The van der Waals surface area contributed by atoms with Crippen LogP contribution in [-0.4, -0.2) is 12.2 Å². The van der Waals surface area contributed by atoms with E-state index in [0.29, 0.717) is 6.42 Å². The van der Waals surface area contributed by atoms with Crippen molar-refractivity contribution in [2.24, 2.45) is 0 Å². The molecule has 0 aliphatic heterocycles. The molecule has 1 radical (unpaired) electrons. The number of aliphatic hydroxyl groups is 1. The first-order valence-electron chi connectivity index (χ1n) is 4.39. The van der Waals surface area contributed by atoms with Gasteiger partial charge in [-0.2, -0.15) is 0 Å². The molecule has 13 heavy (non-hydrogen) atoms. The van der Waals surface area contributed by atoms with Crippen LogP contribution >= 0.6 is 0 Å². The van der Waals surface area contributed by atoms with Gasteiger partial charge in [-0.05, 0) is 24.1 Å². The van der Waals surface area contributed by atoms with Gasteiger partial charge < -0.3 is 9.84 Å². The van der Waals surface area contributed by atoms with E-state index in [2.05, 4.69) is 6.92 Å². The van der Waals surface area contributed by atoms with Crippen LogP contribution in [0.4, 0.5) is 0 Å². The van der Waals surface area contributed by atoms with Crippen molar-refractivity contribution in [1.29, 1.82) is 0 Å². The van der Waals surface area contributed by atoms with E-state index in [0.717, 1.165) is 17.7 Å². The summed E-state index contributed by atoms with van der Waals surface area (Å²) in [6.07, 6.45) is 1.04. The van der Waals surface area contributed by atoms with Gasteiger partial charge in [-0.3, -0.25) is 0 Å². The van der Waals surface area contributed by atoms with Gasteiger partial charge in [0.25, 0.3) is 0 Å². The molecule has 71 valence electrons. The Bertz CT molecular complexity index is 241. The first-order valence-corrected chi connectivity index (χ1v) is 4.39. The minimum absolute atomic E-state index is 0.400. The number of hydrogen-bond acceptors (Lipinski definition) is 2. The zero-order valence-electron chi connectivity index (χ0n) is 7.86. The van der Waals surface area contributed by atoms with E-state index in [9.17, 15) is 5.11 Å². The molecule has 1 unspecified atom stereocenters. The molecular formula is C11H15O2. The Hall–Kier alpha value is -1.02. The van der Waals surface area contributed by atoms with Gasteiger partial charge in [0.05, 0.1) is 13.2 Å². The van der Waals surface area contributed by atoms with Gasteiger partial charge >= 0.3 is 0 Å². The molecule has 0 fully saturated rings. The maximum Gasteiger partial charge on any atom is 0.118 e. The maximum absolute atomic E-state index is 9.60. The van der Waals surface area contributed by atoms with Gasteiger partial charge in [0.15, 0.2) is 0 Å². The van der Waals surface area contributed by atoms with Crippen molar-refractivity contribution in [1.82, 2.24) is 0 Å². The predicted molar refractivity (Wildman–Crippen MR) is 52.5 cm³/mol. The molecule has 0 aromatic heterocycles. The van der Waals surface area contributed by atoms with Crippen LogP contribution in [0.3, 0.4) is 0 Å². The van der Waals surface area contributed by atoms with Gasteiger partial charge in [-0.25, -0.2) is 0 Å². The Labute approximate surface area is 79.2 Å². The van der Waals surface area contributed by atoms with Crippen LogP contribution in [0.5, 0.6) is 5.75 Å². The minimum atomic E-state index is -0.400. The molecule has 1 atom stereocenters. The topological polar surface area (TPSA) is 29.5 Å². The largest absolute Gasteiger partial charge is 0.497 e. The smallest absolute Gasteiger partial charge is 0.118 e. The fourth-order valence-corrected chi connectivity index (χ4v) is 1.19. The van der Waals surface area contributed by atoms with Crippen LogP contribution in [0.15, 0.2) is 24.3 Å². The quantitative estimate of drug-likeness (QED) is 0.768. The van der Waals surface area contributed by atoms with Crippen LogP contribution < -0.4 is 4.74 Å². The number of hydrogen-bond donors (Lipinski definition) is 1. The molecule has 0 saturated heterocycles. The molecule has 1 N–H and O–H groups in total. The normalized spacial score (nSPS) is 12.5. The highest BCUT2D eigenvalue weighted by atomic mass is 16.5. The van der Waals surface area contributed by atoms with Gasteiger partial charge in [0, 0.05) is 0 Å². The second kappa shape index (κ2) is 4.87. The fraction of sp³-hybridized carbons (Fsp3) is 0.364. The Balaban J connectivity index is 2.67. The molecule has 2 nitrogen and oxygen atoms in total. The SMILES string of the molecule is [CH2]CCC(O)c1ccc(OC)cc1. The standard InChI is InChI=1S/C11H15O2/c1-3-4-11(12)9-5-7-10(13-2)8-6-9/h5-8,11-12H,1,3-4H2,2H3. The Morgan fingerprint density at radius 3 is 2.46 bits per heavy atom. The molecule has 1 rings (SSSR count). The number of rotatable bonds is 4. The third kappa shape index (κ3) is 2.74. The molecule has 0 spiro atoms. The lowest BCUT2D eigenvalue weighted by atomic mass is 10.1. The van der Waals surface area contributed by atoms with Gasteiger partial charge in [0.1, 0.15) is 5.75 Å². The number of aliphatic hydroxyl groups excluding tert-OH is 1. The van der Waals surface area contributed by atoms with Gasteiger partial charge in [0.2, 0.25) is 0 Å². The van der Waals surface area contributed by atoms with E-state index in [1.54, 1.807) is 7.11 Å². The molecule has 1 aromatic carbocycles. The molecule has 0 saturated carbocycles. The lowest BCUT2D eigenvalue weighted by Gasteiger charge is -2.09. The van der Waals surface area contributed by atoms with Crippen molar-refractivity contribution < 1.29 is 9.84 Å². The first kappa shape index (κ1) is 10.1. The van der Waals surface area contributed by atoms with Crippen LogP contribution in [-0.2, 0) is 0 Å². The average molecular weight is 179 g/mol. The van der Waals surface area contributed by atoms with E-state index in [4.69, 9.17) is 4.74 Å². The summed E-state index contributed by atoms with van der Waals surface area (Å²) in [7, 11) is 1.63. The monoisotopic (exact) mass is 179 g/mol. The summed E-state index contributed by atoms with van der Waals surface area (Å²) in [5.41, 5.74) is 0.921. The molecule has 0 aliphatic rings. The molecule has 0 heterocycles. The van der Waals surface area contributed by atoms with Crippen LogP contribution in [0, 0.1) is 6.92 Å². The average Bonchev–Trinajstić information content (AvgIpc) is 2.18. The van der Waals surface area contributed by atoms with E-state index in [-0.39, 0.29) is 0 Å². The van der Waals surface area contributed by atoms with E-state index >= 15 is 0 Å². The number of ether oxygens (including phenoxy) is 1. The summed E-state index contributed by atoms with van der Waals surface area (Å²) in [5.74, 6) is 0.811. The van der Waals surface area contributed by atoms with E-state index in [1.165, 1.54) is 0 Å². The number of benzene rings is 1. The van der Waals surface area contributed by atoms with Crippen LogP contribution in [0.1, 0.15) is 24.5 Å². The lowest BCUT2D eigenvalue weighted by Crippen LogP contribution is -1.96.